The normalized spacial score (nSPS) is 24.7. The van der Waals surface area contributed by atoms with Gasteiger partial charge in [0.1, 0.15) is 11.4 Å². The second-order valence-electron chi connectivity index (χ2n) is 9.36. The average Bonchev–Trinajstić information content (AvgIpc) is 2.93. The van der Waals surface area contributed by atoms with Gasteiger partial charge in [0, 0.05) is 11.0 Å². The number of hydrogen-bond acceptors (Lipinski definition) is 4. The molecular weight excluding hydrogens is 357 g/mol. The zero-order chi connectivity index (χ0) is 20.3. The van der Waals surface area contributed by atoms with Crippen LogP contribution in [0.25, 0.3) is 11.3 Å². The van der Waals surface area contributed by atoms with E-state index in [1.165, 1.54) is 6.07 Å². The quantitative estimate of drug-likeness (QED) is 0.799. The van der Waals surface area contributed by atoms with Crippen molar-refractivity contribution >= 4 is 6.09 Å². The topological polar surface area (TPSA) is 64.1 Å². The molecular formula is C22H26FN3O2. The SMILES string of the molecule is CC(C)(C)OC(=O)N[C@@]12CC[C@H](c3cc(-c4ccccc4F)nnc31)C2(C)C. The molecule has 0 unspecified atom stereocenters. The molecule has 1 N–H and O–H groups in total. The molecule has 2 aliphatic carbocycles. The van der Waals surface area contributed by atoms with Gasteiger partial charge in [0.25, 0.3) is 0 Å². The minimum Gasteiger partial charge on any atom is -0.444 e. The highest BCUT2D eigenvalue weighted by Gasteiger charge is 2.64. The first kappa shape index (κ1) is 18.8. The maximum atomic E-state index is 14.2. The molecule has 1 amide bonds. The number of carbonyl (C=O) groups excluding carboxylic acids is 1. The lowest BCUT2D eigenvalue weighted by molar-refractivity contribution is 0.0362. The molecule has 0 saturated heterocycles. The van der Waals surface area contributed by atoms with Crippen molar-refractivity contribution in [2.75, 3.05) is 0 Å². The molecule has 1 aromatic carbocycles. The van der Waals surface area contributed by atoms with Crippen LogP contribution in [-0.2, 0) is 10.3 Å². The van der Waals surface area contributed by atoms with Crippen LogP contribution in [0.15, 0.2) is 30.3 Å². The molecule has 5 nitrogen and oxygen atoms in total. The van der Waals surface area contributed by atoms with Crippen molar-refractivity contribution in [1.29, 1.82) is 0 Å². The Bertz CT molecular complexity index is 951. The molecule has 4 rings (SSSR count). The Balaban J connectivity index is 1.76. The molecule has 1 fully saturated rings. The zero-order valence-corrected chi connectivity index (χ0v) is 17.0. The van der Waals surface area contributed by atoms with Gasteiger partial charge >= 0.3 is 6.09 Å². The second-order valence-corrected chi connectivity index (χ2v) is 9.36. The van der Waals surface area contributed by atoms with E-state index in [-0.39, 0.29) is 17.2 Å². The molecule has 1 heterocycles. The molecule has 28 heavy (non-hydrogen) atoms. The van der Waals surface area contributed by atoms with E-state index in [0.29, 0.717) is 11.3 Å². The van der Waals surface area contributed by atoms with E-state index in [2.05, 4.69) is 29.4 Å². The fourth-order valence-corrected chi connectivity index (χ4v) is 4.87. The lowest BCUT2D eigenvalue weighted by Crippen LogP contribution is -2.52. The predicted octanol–water partition coefficient (Wildman–Crippen LogP) is 4.92. The van der Waals surface area contributed by atoms with Crippen LogP contribution in [-0.4, -0.2) is 21.9 Å². The molecule has 2 aliphatic rings. The van der Waals surface area contributed by atoms with Gasteiger partial charge in [-0.05, 0) is 63.3 Å². The van der Waals surface area contributed by atoms with Crippen molar-refractivity contribution in [2.24, 2.45) is 5.41 Å². The van der Waals surface area contributed by atoms with E-state index in [1.807, 2.05) is 26.8 Å². The summed E-state index contributed by atoms with van der Waals surface area (Å²) < 4.78 is 19.7. The number of nitrogens with zero attached hydrogens (tertiary/aromatic N) is 2. The Labute approximate surface area is 164 Å². The summed E-state index contributed by atoms with van der Waals surface area (Å²) in [6.45, 7) is 9.82. The number of ether oxygens (including phenoxy) is 1. The number of aromatic nitrogens is 2. The highest BCUT2D eigenvalue weighted by atomic mass is 19.1. The van der Waals surface area contributed by atoms with Gasteiger partial charge in [0.15, 0.2) is 0 Å². The highest BCUT2D eigenvalue weighted by molar-refractivity contribution is 5.71. The number of carbonyl (C=O) groups is 1. The first-order valence-corrected chi connectivity index (χ1v) is 9.69. The van der Waals surface area contributed by atoms with Crippen LogP contribution in [0.2, 0.25) is 0 Å². The van der Waals surface area contributed by atoms with E-state index >= 15 is 0 Å². The van der Waals surface area contributed by atoms with Gasteiger partial charge < -0.3 is 10.1 Å². The molecule has 0 aliphatic heterocycles. The van der Waals surface area contributed by atoms with Crippen LogP contribution < -0.4 is 5.32 Å². The number of rotatable bonds is 2. The summed E-state index contributed by atoms with van der Waals surface area (Å²) in [6.07, 6.45) is 1.26. The molecule has 2 bridgehead atoms. The van der Waals surface area contributed by atoms with Gasteiger partial charge in [-0.1, -0.05) is 26.0 Å². The van der Waals surface area contributed by atoms with Crippen molar-refractivity contribution in [3.05, 3.63) is 47.4 Å². The minimum absolute atomic E-state index is 0.221. The number of hydrogen-bond donors (Lipinski definition) is 1. The van der Waals surface area contributed by atoms with Crippen molar-refractivity contribution in [2.45, 2.75) is 64.5 Å². The Kier molecular flexibility index (Phi) is 4.04. The van der Waals surface area contributed by atoms with Gasteiger partial charge in [0.05, 0.1) is 16.9 Å². The standard InChI is InChI=1S/C22H26FN3O2/c1-20(2,3)28-19(27)24-22-11-10-15(21(22,4)5)14-12-17(25-26-18(14)22)13-8-6-7-9-16(13)23/h6-9,12,15H,10-11H2,1-5H3,(H,24,27)/t15-,22+/m1/s1. The fourth-order valence-electron chi connectivity index (χ4n) is 4.87. The van der Waals surface area contributed by atoms with E-state index in [0.717, 1.165) is 24.1 Å². The summed E-state index contributed by atoms with van der Waals surface area (Å²) in [5, 5.41) is 11.9. The first-order valence-electron chi connectivity index (χ1n) is 9.69. The fraction of sp³-hybridized carbons (Fsp3) is 0.500. The lowest BCUT2D eigenvalue weighted by atomic mass is 9.75. The second kappa shape index (κ2) is 6.00. The van der Waals surface area contributed by atoms with Crippen molar-refractivity contribution in [3.8, 4) is 11.3 Å². The summed E-state index contributed by atoms with van der Waals surface area (Å²) in [4.78, 5) is 12.6. The number of amides is 1. The van der Waals surface area contributed by atoms with Gasteiger partial charge in [-0.25, -0.2) is 9.18 Å². The molecule has 0 radical (unpaired) electrons. The monoisotopic (exact) mass is 383 g/mol. The third-order valence-corrected chi connectivity index (χ3v) is 6.25. The number of benzene rings is 1. The van der Waals surface area contributed by atoms with Crippen LogP contribution in [0.5, 0.6) is 0 Å². The Hall–Kier alpha value is -2.50. The molecule has 148 valence electrons. The number of nitrogens with one attached hydrogen (secondary N) is 1. The largest absolute Gasteiger partial charge is 0.444 e. The molecule has 6 heteroatoms. The number of halogens is 1. The lowest BCUT2D eigenvalue weighted by Gasteiger charge is -2.38. The van der Waals surface area contributed by atoms with Gasteiger partial charge in [-0.3, -0.25) is 0 Å². The first-order chi connectivity index (χ1) is 13.1. The summed E-state index contributed by atoms with van der Waals surface area (Å²) >= 11 is 0. The highest BCUT2D eigenvalue weighted by Crippen LogP contribution is 2.66. The van der Waals surface area contributed by atoms with Crippen LogP contribution in [0, 0.1) is 11.2 Å². The summed E-state index contributed by atoms with van der Waals surface area (Å²) in [5.41, 5.74) is 1.33. The molecule has 2 atom stereocenters. The summed E-state index contributed by atoms with van der Waals surface area (Å²) in [6, 6.07) is 8.51. The smallest absolute Gasteiger partial charge is 0.408 e. The van der Waals surface area contributed by atoms with E-state index in [9.17, 15) is 9.18 Å². The van der Waals surface area contributed by atoms with Crippen LogP contribution >= 0.6 is 0 Å². The van der Waals surface area contributed by atoms with Crippen molar-refractivity contribution in [1.82, 2.24) is 15.5 Å². The van der Waals surface area contributed by atoms with E-state index in [4.69, 9.17) is 4.74 Å². The number of alkyl carbamates (subject to hydrolysis) is 1. The Morgan fingerprint density at radius 1 is 1.25 bits per heavy atom. The Morgan fingerprint density at radius 2 is 1.96 bits per heavy atom. The van der Waals surface area contributed by atoms with Crippen LogP contribution in [0.4, 0.5) is 9.18 Å². The average molecular weight is 383 g/mol. The molecule has 1 saturated carbocycles. The predicted molar refractivity (Wildman–Crippen MR) is 104 cm³/mol. The molecule has 2 aromatic rings. The molecule has 1 aromatic heterocycles. The van der Waals surface area contributed by atoms with E-state index in [1.54, 1.807) is 18.2 Å². The van der Waals surface area contributed by atoms with Gasteiger partial charge in [-0.2, -0.15) is 10.2 Å². The van der Waals surface area contributed by atoms with E-state index < -0.39 is 17.2 Å². The Morgan fingerprint density at radius 3 is 2.64 bits per heavy atom. The maximum absolute atomic E-state index is 14.2. The van der Waals surface area contributed by atoms with Crippen molar-refractivity contribution < 1.29 is 13.9 Å². The summed E-state index contributed by atoms with van der Waals surface area (Å²) in [5.74, 6) is -0.0979. The van der Waals surface area contributed by atoms with Crippen LogP contribution in [0.1, 0.15) is 64.6 Å². The zero-order valence-electron chi connectivity index (χ0n) is 17.0. The maximum Gasteiger partial charge on any atom is 0.408 e. The van der Waals surface area contributed by atoms with Gasteiger partial charge in [0.2, 0.25) is 0 Å². The number of fused-ring (bicyclic) bond motifs is 5. The van der Waals surface area contributed by atoms with Crippen molar-refractivity contribution in [3.63, 3.8) is 0 Å². The van der Waals surface area contributed by atoms with Gasteiger partial charge in [-0.15, -0.1) is 0 Å². The summed E-state index contributed by atoms with van der Waals surface area (Å²) in [7, 11) is 0. The third kappa shape index (κ3) is 2.69. The third-order valence-electron chi connectivity index (χ3n) is 6.25. The molecule has 0 spiro atoms. The minimum atomic E-state index is -0.629. The van der Waals surface area contributed by atoms with Crippen LogP contribution in [0.3, 0.4) is 0 Å².